The summed E-state index contributed by atoms with van der Waals surface area (Å²) < 4.78 is 0. The van der Waals surface area contributed by atoms with E-state index in [-0.39, 0.29) is 30.9 Å². The molecular formula is C11H18N2O3. The zero-order chi connectivity index (χ0) is 11.5. The summed E-state index contributed by atoms with van der Waals surface area (Å²) in [5.41, 5.74) is 0. The van der Waals surface area contributed by atoms with Crippen LogP contribution < -0.4 is 5.32 Å². The highest BCUT2D eigenvalue weighted by Crippen LogP contribution is 2.28. The van der Waals surface area contributed by atoms with Crippen molar-refractivity contribution in [1.29, 1.82) is 0 Å². The molecule has 0 aromatic heterocycles. The zero-order valence-electron chi connectivity index (χ0n) is 9.32. The maximum atomic E-state index is 11.6. The molecule has 2 fully saturated rings. The van der Waals surface area contributed by atoms with Crippen LogP contribution >= 0.6 is 0 Å². The number of hydrogen-bond donors (Lipinski definition) is 2. The number of imide groups is 1. The van der Waals surface area contributed by atoms with Crippen molar-refractivity contribution < 1.29 is 14.7 Å². The van der Waals surface area contributed by atoms with Gasteiger partial charge < -0.3 is 5.11 Å². The molecule has 1 saturated heterocycles. The second-order valence-electron chi connectivity index (χ2n) is 4.53. The van der Waals surface area contributed by atoms with Gasteiger partial charge in [-0.25, -0.2) is 0 Å². The minimum absolute atomic E-state index is 0.130. The molecule has 1 atom stereocenters. The van der Waals surface area contributed by atoms with Crippen molar-refractivity contribution in [3.63, 3.8) is 0 Å². The minimum Gasteiger partial charge on any atom is -0.396 e. The molecule has 1 saturated carbocycles. The zero-order valence-corrected chi connectivity index (χ0v) is 9.32. The van der Waals surface area contributed by atoms with Gasteiger partial charge in [0.15, 0.2) is 0 Å². The number of nitrogens with zero attached hydrogens (tertiary/aromatic N) is 1. The fourth-order valence-corrected chi connectivity index (χ4v) is 2.37. The predicted molar refractivity (Wildman–Crippen MR) is 57.6 cm³/mol. The Labute approximate surface area is 94.8 Å². The van der Waals surface area contributed by atoms with Crippen LogP contribution in [0.3, 0.4) is 0 Å². The SMILES string of the molecule is O=C1CC(N(CCCO)C2CCC2)C(=O)N1. The van der Waals surface area contributed by atoms with Crippen LogP contribution in [0, 0.1) is 0 Å². The van der Waals surface area contributed by atoms with E-state index in [1.165, 1.54) is 6.42 Å². The van der Waals surface area contributed by atoms with E-state index in [1.54, 1.807) is 0 Å². The Morgan fingerprint density at radius 3 is 2.56 bits per heavy atom. The van der Waals surface area contributed by atoms with Crippen molar-refractivity contribution in [2.45, 2.75) is 44.2 Å². The number of carbonyl (C=O) groups is 2. The van der Waals surface area contributed by atoms with Crippen LogP contribution in [0.2, 0.25) is 0 Å². The Bertz CT molecular complexity index is 289. The number of rotatable bonds is 5. The Balaban J connectivity index is 1.99. The quantitative estimate of drug-likeness (QED) is 0.628. The van der Waals surface area contributed by atoms with Gasteiger partial charge in [-0.2, -0.15) is 0 Å². The molecule has 1 heterocycles. The fourth-order valence-electron chi connectivity index (χ4n) is 2.37. The molecule has 1 unspecified atom stereocenters. The van der Waals surface area contributed by atoms with Crippen LogP contribution in [0.4, 0.5) is 0 Å². The van der Waals surface area contributed by atoms with Crippen molar-refractivity contribution in [3.05, 3.63) is 0 Å². The van der Waals surface area contributed by atoms with E-state index in [4.69, 9.17) is 5.11 Å². The molecule has 16 heavy (non-hydrogen) atoms. The van der Waals surface area contributed by atoms with Crippen molar-refractivity contribution in [3.8, 4) is 0 Å². The average Bonchev–Trinajstić information content (AvgIpc) is 2.49. The van der Waals surface area contributed by atoms with Gasteiger partial charge in [0.25, 0.3) is 0 Å². The molecule has 2 aliphatic rings. The van der Waals surface area contributed by atoms with Crippen molar-refractivity contribution in [1.82, 2.24) is 10.2 Å². The highest BCUT2D eigenvalue weighted by molar-refractivity contribution is 6.05. The average molecular weight is 226 g/mol. The monoisotopic (exact) mass is 226 g/mol. The van der Waals surface area contributed by atoms with E-state index in [0.29, 0.717) is 19.0 Å². The highest BCUT2D eigenvalue weighted by atomic mass is 16.3. The summed E-state index contributed by atoms with van der Waals surface area (Å²) in [6, 6.07) is 0.123. The molecule has 2 amide bonds. The molecule has 0 aromatic rings. The smallest absolute Gasteiger partial charge is 0.244 e. The van der Waals surface area contributed by atoms with Crippen LogP contribution in [-0.2, 0) is 9.59 Å². The molecule has 1 aliphatic heterocycles. The molecule has 1 aliphatic carbocycles. The third-order valence-corrected chi connectivity index (χ3v) is 3.46. The van der Waals surface area contributed by atoms with Gasteiger partial charge in [-0.3, -0.25) is 19.8 Å². The van der Waals surface area contributed by atoms with E-state index in [2.05, 4.69) is 10.2 Å². The number of aliphatic hydroxyl groups excluding tert-OH is 1. The lowest BCUT2D eigenvalue weighted by atomic mass is 9.90. The fraction of sp³-hybridized carbons (Fsp3) is 0.818. The Morgan fingerprint density at radius 2 is 2.12 bits per heavy atom. The van der Waals surface area contributed by atoms with Crippen LogP contribution in [-0.4, -0.2) is 47.1 Å². The lowest BCUT2D eigenvalue weighted by Gasteiger charge is -2.40. The van der Waals surface area contributed by atoms with E-state index in [0.717, 1.165) is 12.8 Å². The highest BCUT2D eigenvalue weighted by Gasteiger charge is 2.39. The largest absolute Gasteiger partial charge is 0.396 e. The lowest BCUT2D eigenvalue weighted by molar-refractivity contribution is -0.127. The molecule has 5 heteroatoms. The first-order valence-electron chi connectivity index (χ1n) is 5.92. The van der Waals surface area contributed by atoms with Gasteiger partial charge in [-0.15, -0.1) is 0 Å². The van der Waals surface area contributed by atoms with Gasteiger partial charge in [0.2, 0.25) is 11.8 Å². The van der Waals surface area contributed by atoms with Crippen molar-refractivity contribution >= 4 is 11.8 Å². The lowest BCUT2D eigenvalue weighted by Crippen LogP contribution is -2.50. The summed E-state index contributed by atoms with van der Waals surface area (Å²) in [6.45, 7) is 0.831. The number of nitrogens with one attached hydrogen (secondary N) is 1. The van der Waals surface area contributed by atoms with E-state index < -0.39 is 0 Å². The van der Waals surface area contributed by atoms with Crippen LogP contribution in [0.25, 0.3) is 0 Å². The Kier molecular flexibility index (Phi) is 3.56. The van der Waals surface area contributed by atoms with E-state index in [9.17, 15) is 9.59 Å². The maximum Gasteiger partial charge on any atom is 0.244 e. The topological polar surface area (TPSA) is 69.6 Å². The van der Waals surface area contributed by atoms with Gasteiger partial charge >= 0.3 is 0 Å². The first-order valence-corrected chi connectivity index (χ1v) is 5.92. The second kappa shape index (κ2) is 4.93. The van der Waals surface area contributed by atoms with Crippen LogP contribution in [0.1, 0.15) is 32.1 Å². The summed E-state index contributed by atoms with van der Waals surface area (Å²) in [6.07, 6.45) is 4.34. The summed E-state index contributed by atoms with van der Waals surface area (Å²) in [5, 5.41) is 11.2. The van der Waals surface area contributed by atoms with Crippen LogP contribution in [0.5, 0.6) is 0 Å². The molecule has 5 nitrogen and oxygen atoms in total. The molecule has 2 N–H and O–H groups in total. The number of aliphatic hydroxyl groups is 1. The summed E-state index contributed by atoms with van der Waals surface area (Å²) in [4.78, 5) is 24.9. The summed E-state index contributed by atoms with van der Waals surface area (Å²) in [5.74, 6) is -0.349. The van der Waals surface area contributed by atoms with Gasteiger partial charge in [0.1, 0.15) is 0 Å². The number of hydrogen-bond acceptors (Lipinski definition) is 4. The van der Waals surface area contributed by atoms with Gasteiger partial charge in [0, 0.05) is 19.2 Å². The predicted octanol–water partition coefficient (Wildman–Crippen LogP) is -0.362. The Hall–Kier alpha value is -0.940. The van der Waals surface area contributed by atoms with E-state index in [1.807, 2.05) is 0 Å². The molecule has 0 aromatic carbocycles. The normalized spacial score (nSPS) is 26.0. The summed E-state index contributed by atoms with van der Waals surface area (Å²) in [7, 11) is 0. The molecule has 0 spiro atoms. The third kappa shape index (κ3) is 2.25. The molecule has 0 bridgehead atoms. The van der Waals surface area contributed by atoms with Crippen molar-refractivity contribution in [2.24, 2.45) is 0 Å². The first kappa shape index (κ1) is 11.5. The standard InChI is InChI=1S/C11H18N2O3/c14-6-2-5-13(8-3-1-4-8)9-7-10(15)12-11(9)16/h8-9,14H,1-7H2,(H,12,15,16). The first-order chi connectivity index (χ1) is 7.72. The summed E-state index contributed by atoms with van der Waals surface area (Å²) >= 11 is 0. The Morgan fingerprint density at radius 1 is 1.38 bits per heavy atom. The van der Waals surface area contributed by atoms with Crippen LogP contribution in [0.15, 0.2) is 0 Å². The van der Waals surface area contributed by atoms with Gasteiger partial charge in [-0.1, -0.05) is 6.42 Å². The van der Waals surface area contributed by atoms with E-state index >= 15 is 0 Å². The maximum absolute atomic E-state index is 11.6. The van der Waals surface area contributed by atoms with Gasteiger partial charge in [0.05, 0.1) is 12.5 Å². The molecule has 0 radical (unpaired) electrons. The van der Waals surface area contributed by atoms with Crippen molar-refractivity contribution in [2.75, 3.05) is 13.2 Å². The minimum atomic E-state index is -0.302. The van der Waals surface area contributed by atoms with Gasteiger partial charge in [-0.05, 0) is 19.3 Å². The third-order valence-electron chi connectivity index (χ3n) is 3.46. The number of amides is 2. The molecule has 2 rings (SSSR count). The molecular weight excluding hydrogens is 208 g/mol. The molecule has 90 valence electrons. The number of carbonyl (C=O) groups excluding carboxylic acids is 2. The second-order valence-corrected chi connectivity index (χ2v) is 4.53.